The minimum absolute atomic E-state index is 0.362. The lowest BCUT2D eigenvalue weighted by Gasteiger charge is -2.10. The molecule has 1 aromatic carbocycles. The van der Waals surface area contributed by atoms with Crippen LogP contribution in [0.3, 0.4) is 0 Å². The molecular weight excluding hydrogens is 172 g/mol. The number of allylic oxidation sites excluding steroid dienone is 1. The van der Waals surface area contributed by atoms with E-state index in [-0.39, 0.29) is 0 Å². The number of aromatic hydroxyl groups is 1. The number of para-hydroxylation sites is 1. The number of phenolic OH excluding ortho intramolecular Hbond substituents is 1. The fraction of sp³-hybridized carbons (Fsp3) is 0.385. The summed E-state index contributed by atoms with van der Waals surface area (Å²) >= 11 is 0. The van der Waals surface area contributed by atoms with Crippen molar-refractivity contribution in [1.82, 2.24) is 0 Å². The van der Waals surface area contributed by atoms with Gasteiger partial charge in [0.15, 0.2) is 0 Å². The molecule has 14 heavy (non-hydrogen) atoms. The molecule has 0 aliphatic carbocycles. The number of benzene rings is 1. The second kappa shape index (κ2) is 4.32. The maximum Gasteiger partial charge on any atom is 0.126 e. The predicted molar refractivity (Wildman–Crippen MR) is 61.5 cm³/mol. The molecule has 0 radical (unpaired) electrons. The zero-order valence-electron chi connectivity index (χ0n) is 9.33. The highest BCUT2D eigenvalue weighted by Crippen LogP contribution is 2.29. The Labute approximate surface area is 86.1 Å². The molecule has 0 saturated heterocycles. The Morgan fingerprint density at radius 2 is 1.93 bits per heavy atom. The van der Waals surface area contributed by atoms with Crippen molar-refractivity contribution in [2.75, 3.05) is 0 Å². The molecule has 0 aliphatic heterocycles. The van der Waals surface area contributed by atoms with E-state index in [1.165, 1.54) is 5.57 Å². The molecule has 0 bridgehead atoms. The van der Waals surface area contributed by atoms with Gasteiger partial charge in [0.05, 0.1) is 0 Å². The third-order valence-corrected chi connectivity index (χ3v) is 2.16. The first-order valence-corrected chi connectivity index (χ1v) is 4.99. The fourth-order valence-electron chi connectivity index (χ4n) is 1.47. The van der Waals surface area contributed by atoms with Crippen molar-refractivity contribution in [3.63, 3.8) is 0 Å². The molecule has 1 rings (SSSR count). The summed E-state index contributed by atoms with van der Waals surface area (Å²) in [5, 5.41) is 9.96. The summed E-state index contributed by atoms with van der Waals surface area (Å²) in [5.41, 5.74) is 3.12. The number of rotatable bonds is 2. The van der Waals surface area contributed by atoms with Crippen LogP contribution >= 0.6 is 0 Å². The van der Waals surface area contributed by atoms with Gasteiger partial charge in [0, 0.05) is 5.56 Å². The van der Waals surface area contributed by atoms with Gasteiger partial charge in [0.2, 0.25) is 0 Å². The lowest BCUT2D eigenvalue weighted by Crippen LogP contribution is -1.89. The van der Waals surface area contributed by atoms with Gasteiger partial charge in [-0.15, -0.1) is 0 Å². The summed E-state index contributed by atoms with van der Waals surface area (Å²) in [7, 11) is 0. The van der Waals surface area contributed by atoms with Crippen LogP contribution in [0.15, 0.2) is 23.8 Å². The Bertz CT molecular complexity index is 344. The smallest absolute Gasteiger partial charge is 0.126 e. The minimum Gasteiger partial charge on any atom is -0.507 e. The lowest BCUT2D eigenvalue weighted by molar-refractivity contribution is 0.463. The summed E-state index contributed by atoms with van der Waals surface area (Å²) < 4.78 is 0. The standard InChI is InChI=1S/C13H18O/c1-9(2)8-11-6-5-7-12(10(3)4)13(11)14/h5-8,10,14H,1-4H3. The quantitative estimate of drug-likeness (QED) is 0.749. The van der Waals surface area contributed by atoms with Crippen LogP contribution in [0.2, 0.25) is 0 Å². The van der Waals surface area contributed by atoms with Crippen LogP contribution in [0.25, 0.3) is 6.08 Å². The van der Waals surface area contributed by atoms with E-state index in [1.807, 2.05) is 38.1 Å². The molecule has 0 aliphatic rings. The third-order valence-electron chi connectivity index (χ3n) is 2.16. The summed E-state index contributed by atoms with van der Waals surface area (Å²) in [6.45, 7) is 8.23. The van der Waals surface area contributed by atoms with Gasteiger partial charge in [-0.1, -0.05) is 43.7 Å². The van der Waals surface area contributed by atoms with Crippen molar-refractivity contribution in [1.29, 1.82) is 0 Å². The Kier molecular flexibility index (Phi) is 3.34. The topological polar surface area (TPSA) is 20.2 Å². The molecule has 0 atom stereocenters. The van der Waals surface area contributed by atoms with E-state index in [1.54, 1.807) is 0 Å². The van der Waals surface area contributed by atoms with Crippen molar-refractivity contribution in [3.05, 3.63) is 34.9 Å². The van der Waals surface area contributed by atoms with E-state index >= 15 is 0 Å². The van der Waals surface area contributed by atoms with Gasteiger partial charge in [-0.3, -0.25) is 0 Å². The van der Waals surface area contributed by atoms with Crippen LogP contribution in [0.5, 0.6) is 5.75 Å². The highest BCUT2D eigenvalue weighted by molar-refractivity contribution is 5.61. The maximum absolute atomic E-state index is 9.96. The van der Waals surface area contributed by atoms with Gasteiger partial charge >= 0.3 is 0 Å². The Morgan fingerprint density at radius 1 is 1.29 bits per heavy atom. The first kappa shape index (κ1) is 10.8. The van der Waals surface area contributed by atoms with Crippen LogP contribution < -0.4 is 0 Å². The molecule has 0 heterocycles. The van der Waals surface area contributed by atoms with E-state index in [0.717, 1.165) is 11.1 Å². The van der Waals surface area contributed by atoms with Crippen LogP contribution in [0, 0.1) is 0 Å². The molecule has 1 N–H and O–H groups in total. The number of hydrogen-bond acceptors (Lipinski definition) is 1. The third kappa shape index (κ3) is 2.38. The van der Waals surface area contributed by atoms with Gasteiger partial charge < -0.3 is 5.11 Å². The Morgan fingerprint density at radius 3 is 2.43 bits per heavy atom. The zero-order valence-corrected chi connectivity index (χ0v) is 9.33. The molecular formula is C13H18O. The van der Waals surface area contributed by atoms with Gasteiger partial charge in [0.1, 0.15) is 5.75 Å². The molecule has 0 amide bonds. The number of phenols is 1. The van der Waals surface area contributed by atoms with Crippen LogP contribution in [0.1, 0.15) is 44.7 Å². The van der Waals surface area contributed by atoms with Gasteiger partial charge in [0.25, 0.3) is 0 Å². The fourth-order valence-corrected chi connectivity index (χ4v) is 1.47. The lowest BCUT2D eigenvalue weighted by atomic mass is 9.98. The molecule has 0 fully saturated rings. The molecule has 0 spiro atoms. The average Bonchev–Trinajstić information content (AvgIpc) is 2.07. The molecule has 76 valence electrons. The largest absolute Gasteiger partial charge is 0.507 e. The molecule has 0 unspecified atom stereocenters. The Hall–Kier alpha value is -1.24. The SMILES string of the molecule is CC(C)=Cc1cccc(C(C)C)c1O. The zero-order chi connectivity index (χ0) is 10.7. The Balaban J connectivity index is 3.21. The second-order valence-corrected chi connectivity index (χ2v) is 4.16. The molecule has 0 aromatic heterocycles. The van der Waals surface area contributed by atoms with Crippen molar-refractivity contribution < 1.29 is 5.11 Å². The van der Waals surface area contributed by atoms with Gasteiger partial charge in [-0.05, 0) is 25.3 Å². The highest BCUT2D eigenvalue weighted by atomic mass is 16.3. The normalized spacial score (nSPS) is 10.4. The first-order valence-electron chi connectivity index (χ1n) is 4.99. The van der Waals surface area contributed by atoms with E-state index in [2.05, 4.69) is 13.8 Å². The van der Waals surface area contributed by atoms with Crippen molar-refractivity contribution in [2.24, 2.45) is 0 Å². The molecule has 0 saturated carbocycles. The van der Waals surface area contributed by atoms with Gasteiger partial charge in [-0.2, -0.15) is 0 Å². The molecule has 1 aromatic rings. The van der Waals surface area contributed by atoms with Crippen LogP contribution in [-0.2, 0) is 0 Å². The van der Waals surface area contributed by atoms with Gasteiger partial charge in [-0.25, -0.2) is 0 Å². The van der Waals surface area contributed by atoms with Crippen molar-refractivity contribution in [3.8, 4) is 5.75 Å². The summed E-state index contributed by atoms with van der Waals surface area (Å²) in [4.78, 5) is 0. The second-order valence-electron chi connectivity index (χ2n) is 4.16. The van der Waals surface area contributed by atoms with Crippen LogP contribution in [0.4, 0.5) is 0 Å². The summed E-state index contributed by atoms with van der Waals surface area (Å²) in [6.07, 6.45) is 2.00. The van der Waals surface area contributed by atoms with E-state index in [9.17, 15) is 5.11 Å². The van der Waals surface area contributed by atoms with E-state index in [0.29, 0.717) is 11.7 Å². The van der Waals surface area contributed by atoms with Crippen molar-refractivity contribution in [2.45, 2.75) is 33.6 Å². The van der Waals surface area contributed by atoms with Crippen LogP contribution in [-0.4, -0.2) is 5.11 Å². The van der Waals surface area contributed by atoms with E-state index < -0.39 is 0 Å². The highest BCUT2D eigenvalue weighted by Gasteiger charge is 2.07. The minimum atomic E-state index is 0.362. The average molecular weight is 190 g/mol. The molecule has 1 nitrogen and oxygen atoms in total. The number of hydrogen-bond donors (Lipinski definition) is 1. The summed E-state index contributed by atoms with van der Waals surface area (Å²) in [5.74, 6) is 0.782. The monoisotopic (exact) mass is 190 g/mol. The molecule has 1 heteroatoms. The first-order chi connectivity index (χ1) is 6.52. The van der Waals surface area contributed by atoms with Crippen molar-refractivity contribution >= 4 is 6.08 Å². The predicted octanol–water partition coefficient (Wildman–Crippen LogP) is 3.94. The summed E-state index contributed by atoms with van der Waals surface area (Å²) in [6, 6.07) is 5.90. The maximum atomic E-state index is 9.96. The van der Waals surface area contributed by atoms with E-state index in [4.69, 9.17) is 0 Å².